The molecular weight excluding hydrogens is 280 g/mol. The highest BCUT2D eigenvalue weighted by Gasteiger charge is 2.16. The van der Waals surface area contributed by atoms with Crippen molar-refractivity contribution in [2.45, 2.75) is 25.3 Å². The SMILES string of the molecule is Cc1cc(S(=O)(=O)NCc2cccs2)cc(N)c1C. The smallest absolute Gasteiger partial charge is 0.240 e. The Morgan fingerprint density at radius 1 is 1.32 bits per heavy atom. The lowest BCUT2D eigenvalue weighted by Gasteiger charge is -2.10. The van der Waals surface area contributed by atoms with Gasteiger partial charge < -0.3 is 5.73 Å². The molecule has 0 bridgehead atoms. The van der Waals surface area contributed by atoms with E-state index in [0.717, 1.165) is 16.0 Å². The molecular formula is C13H16N2O2S2. The number of sulfonamides is 1. The first-order valence-electron chi connectivity index (χ1n) is 5.79. The van der Waals surface area contributed by atoms with Gasteiger partial charge >= 0.3 is 0 Å². The molecule has 6 heteroatoms. The molecule has 0 atom stereocenters. The lowest BCUT2D eigenvalue weighted by atomic mass is 10.1. The topological polar surface area (TPSA) is 72.2 Å². The molecule has 4 nitrogen and oxygen atoms in total. The molecule has 0 saturated heterocycles. The number of aryl methyl sites for hydroxylation is 1. The molecule has 3 N–H and O–H groups in total. The van der Waals surface area contributed by atoms with Gasteiger partial charge in [-0.2, -0.15) is 0 Å². The summed E-state index contributed by atoms with van der Waals surface area (Å²) in [7, 11) is -3.52. The van der Waals surface area contributed by atoms with Gasteiger partial charge in [0.15, 0.2) is 0 Å². The largest absolute Gasteiger partial charge is 0.398 e. The van der Waals surface area contributed by atoms with Crippen LogP contribution in [0.2, 0.25) is 0 Å². The number of thiophene rings is 1. The molecule has 0 aliphatic rings. The van der Waals surface area contributed by atoms with Crippen molar-refractivity contribution < 1.29 is 8.42 Å². The van der Waals surface area contributed by atoms with E-state index in [1.54, 1.807) is 6.07 Å². The number of hydrogen-bond donors (Lipinski definition) is 2. The van der Waals surface area contributed by atoms with E-state index in [2.05, 4.69) is 4.72 Å². The lowest BCUT2D eigenvalue weighted by Crippen LogP contribution is -2.23. The van der Waals surface area contributed by atoms with Crippen molar-refractivity contribution in [1.82, 2.24) is 4.72 Å². The molecule has 2 rings (SSSR count). The van der Waals surface area contributed by atoms with E-state index in [4.69, 9.17) is 5.73 Å². The number of rotatable bonds is 4. The van der Waals surface area contributed by atoms with Gasteiger partial charge in [0.25, 0.3) is 0 Å². The summed E-state index contributed by atoms with van der Waals surface area (Å²) in [6.45, 7) is 4.02. The van der Waals surface area contributed by atoms with Crippen LogP contribution >= 0.6 is 11.3 Å². The summed E-state index contributed by atoms with van der Waals surface area (Å²) >= 11 is 1.52. The van der Waals surface area contributed by atoms with Crippen LogP contribution in [-0.4, -0.2) is 8.42 Å². The van der Waals surface area contributed by atoms with E-state index in [1.807, 2.05) is 31.4 Å². The maximum absolute atomic E-state index is 12.2. The van der Waals surface area contributed by atoms with Crippen molar-refractivity contribution in [3.63, 3.8) is 0 Å². The van der Waals surface area contributed by atoms with Crippen LogP contribution in [0.4, 0.5) is 5.69 Å². The minimum absolute atomic E-state index is 0.213. The lowest BCUT2D eigenvalue weighted by molar-refractivity contribution is 0.581. The average molecular weight is 296 g/mol. The second-order valence-electron chi connectivity index (χ2n) is 4.36. The van der Waals surface area contributed by atoms with E-state index in [-0.39, 0.29) is 4.90 Å². The maximum atomic E-state index is 12.2. The minimum atomic E-state index is -3.52. The van der Waals surface area contributed by atoms with Crippen LogP contribution in [-0.2, 0) is 16.6 Å². The van der Waals surface area contributed by atoms with Gasteiger partial charge in [0, 0.05) is 17.1 Å². The number of benzene rings is 1. The van der Waals surface area contributed by atoms with Crippen molar-refractivity contribution in [2.75, 3.05) is 5.73 Å². The minimum Gasteiger partial charge on any atom is -0.398 e. The predicted molar refractivity (Wildman–Crippen MR) is 78.7 cm³/mol. The number of hydrogen-bond acceptors (Lipinski definition) is 4. The predicted octanol–water partition coefficient (Wildman–Crippen LogP) is 2.43. The van der Waals surface area contributed by atoms with Crippen LogP contribution in [0.15, 0.2) is 34.5 Å². The summed E-state index contributed by atoms with van der Waals surface area (Å²) in [6, 6.07) is 6.92. The number of nitrogen functional groups attached to an aromatic ring is 1. The number of anilines is 1. The van der Waals surface area contributed by atoms with Crippen LogP contribution < -0.4 is 10.5 Å². The fourth-order valence-electron chi connectivity index (χ4n) is 1.67. The average Bonchev–Trinajstić information content (AvgIpc) is 2.86. The highest BCUT2D eigenvalue weighted by atomic mass is 32.2. The molecule has 0 unspecified atom stereocenters. The first-order valence-corrected chi connectivity index (χ1v) is 8.15. The molecule has 102 valence electrons. The Hall–Kier alpha value is -1.37. The van der Waals surface area contributed by atoms with E-state index >= 15 is 0 Å². The monoisotopic (exact) mass is 296 g/mol. The highest BCUT2D eigenvalue weighted by Crippen LogP contribution is 2.21. The summed E-state index contributed by atoms with van der Waals surface area (Å²) in [4.78, 5) is 1.19. The van der Waals surface area contributed by atoms with Gasteiger partial charge in [-0.1, -0.05) is 6.07 Å². The third-order valence-electron chi connectivity index (χ3n) is 3.01. The van der Waals surface area contributed by atoms with Crippen LogP contribution in [0.1, 0.15) is 16.0 Å². The van der Waals surface area contributed by atoms with Gasteiger partial charge in [0.2, 0.25) is 10.0 Å². The van der Waals surface area contributed by atoms with E-state index in [9.17, 15) is 8.42 Å². The quantitative estimate of drug-likeness (QED) is 0.851. The summed E-state index contributed by atoms with van der Waals surface area (Å²) in [5.41, 5.74) is 8.10. The molecule has 2 aromatic rings. The van der Waals surface area contributed by atoms with Crippen molar-refractivity contribution in [1.29, 1.82) is 0 Å². The molecule has 0 saturated carbocycles. The van der Waals surface area contributed by atoms with Crippen LogP contribution in [0, 0.1) is 13.8 Å². The van der Waals surface area contributed by atoms with Crippen LogP contribution in [0.3, 0.4) is 0 Å². The zero-order valence-electron chi connectivity index (χ0n) is 10.8. The molecule has 1 heterocycles. The molecule has 0 spiro atoms. The molecule has 1 aromatic heterocycles. The Labute approximate surface area is 117 Å². The summed E-state index contributed by atoms with van der Waals surface area (Å²) in [5, 5.41) is 1.91. The molecule has 1 aromatic carbocycles. The van der Waals surface area contributed by atoms with Crippen molar-refractivity contribution in [2.24, 2.45) is 0 Å². The van der Waals surface area contributed by atoms with E-state index in [1.165, 1.54) is 17.4 Å². The van der Waals surface area contributed by atoms with Gasteiger partial charge in [0.05, 0.1) is 4.90 Å². The van der Waals surface area contributed by atoms with Crippen LogP contribution in [0.5, 0.6) is 0 Å². The normalized spacial score (nSPS) is 11.7. The van der Waals surface area contributed by atoms with Gasteiger partial charge in [-0.05, 0) is 48.6 Å². The highest BCUT2D eigenvalue weighted by molar-refractivity contribution is 7.89. The fraction of sp³-hybridized carbons (Fsp3) is 0.231. The van der Waals surface area contributed by atoms with Gasteiger partial charge in [-0.15, -0.1) is 11.3 Å². The van der Waals surface area contributed by atoms with Gasteiger partial charge in [-0.3, -0.25) is 0 Å². The molecule has 0 amide bonds. The Balaban J connectivity index is 2.24. The third-order valence-corrected chi connectivity index (χ3v) is 5.26. The van der Waals surface area contributed by atoms with E-state index in [0.29, 0.717) is 12.2 Å². The second-order valence-corrected chi connectivity index (χ2v) is 7.16. The van der Waals surface area contributed by atoms with Crippen LogP contribution in [0.25, 0.3) is 0 Å². The molecule has 0 aliphatic heterocycles. The Bertz CT molecular complexity index is 654. The summed E-state index contributed by atoms with van der Waals surface area (Å²) in [6.07, 6.45) is 0. The second kappa shape index (κ2) is 5.32. The maximum Gasteiger partial charge on any atom is 0.240 e. The summed E-state index contributed by atoms with van der Waals surface area (Å²) in [5.74, 6) is 0. The molecule has 0 radical (unpaired) electrons. The third kappa shape index (κ3) is 3.15. The number of nitrogens with two attached hydrogens (primary N) is 1. The number of nitrogens with one attached hydrogen (secondary N) is 1. The molecule has 0 aliphatic carbocycles. The fourth-order valence-corrected chi connectivity index (χ4v) is 3.53. The standard InChI is InChI=1S/C13H16N2O2S2/c1-9-6-12(7-13(14)10(9)2)19(16,17)15-8-11-4-3-5-18-11/h3-7,15H,8,14H2,1-2H3. The van der Waals surface area contributed by atoms with E-state index < -0.39 is 10.0 Å². The van der Waals surface area contributed by atoms with Crippen molar-refractivity contribution in [3.05, 3.63) is 45.6 Å². The van der Waals surface area contributed by atoms with Crippen molar-refractivity contribution in [3.8, 4) is 0 Å². The Morgan fingerprint density at radius 2 is 2.05 bits per heavy atom. The molecule has 19 heavy (non-hydrogen) atoms. The zero-order chi connectivity index (χ0) is 14.0. The Kier molecular flexibility index (Phi) is 3.93. The zero-order valence-corrected chi connectivity index (χ0v) is 12.4. The summed E-state index contributed by atoms with van der Waals surface area (Å²) < 4.78 is 26.9. The van der Waals surface area contributed by atoms with Gasteiger partial charge in [-0.25, -0.2) is 13.1 Å². The molecule has 0 fully saturated rings. The Morgan fingerprint density at radius 3 is 2.63 bits per heavy atom. The van der Waals surface area contributed by atoms with Gasteiger partial charge in [0.1, 0.15) is 0 Å². The first-order chi connectivity index (χ1) is 8.90. The van der Waals surface area contributed by atoms with Crippen molar-refractivity contribution >= 4 is 27.0 Å². The first kappa shape index (κ1) is 14.0.